The van der Waals surface area contributed by atoms with Crippen molar-refractivity contribution in [1.29, 1.82) is 0 Å². The number of hydrogen-bond donors (Lipinski definition) is 0. The second-order valence-corrected chi connectivity index (χ2v) is 10.9. The number of ether oxygens (including phenoxy) is 2. The molecular weight excluding hydrogens is 526 g/mol. The minimum Gasteiger partial charge on any atom is -1.00 e. The number of benzene rings is 3. The maximum absolute atomic E-state index is 6.69. The van der Waals surface area contributed by atoms with Crippen LogP contribution >= 0.6 is 7.26 Å². The molecule has 2 nitrogen and oxygen atoms in total. The first-order chi connectivity index (χ1) is 15.2. The Hall–Kier alpha value is -1.52. The molecule has 0 fully saturated rings. The first kappa shape index (κ1) is 26.7. The van der Waals surface area contributed by atoms with Crippen molar-refractivity contribution in [3.63, 3.8) is 0 Å². The normalized spacial score (nSPS) is 12.0. The van der Waals surface area contributed by atoms with Gasteiger partial charge in [0.05, 0.1) is 13.2 Å². The van der Waals surface area contributed by atoms with Crippen LogP contribution in [0.4, 0.5) is 0 Å². The molecule has 0 unspecified atom stereocenters. The number of unbranched alkanes of at least 4 members (excludes halogenated alkanes) is 1. The van der Waals surface area contributed by atoms with Gasteiger partial charge in [0.25, 0.3) is 0 Å². The van der Waals surface area contributed by atoms with Crippen LogP contribution in [0.2, 0.25) is 0 Å². The molecule has 4 heteroatoms. The molecule has 3 rings (SSSR count). The number of hydrogen-bond acceptors (Lipinski definition) is 2. The lowest BCUT2D eigenvalue weighted by Gasteiger charge is -2.41. The molecule has 0 aliphatic heterocycles. The lowest BCUT2D eigenvalue weighted by molar-refractivity contribution is -0.137. The monoisotopic (exact) mass is 560 g/mol. The van der Waals surface area contributed by atoms with Gasteiger partial charge in [0.15, 0.2) is 7.26 Å². The first-order valence-corrected chi connectivity index (χ1v) is 13.1. The zero-order valence-electron chi connectivity index (χ0n) is 19.3. The van der Waals surface area contributed by atoms with E-state index in [4.69, 9.17) is 9.47 Å². The molecule has 170 valence electrons. The van der Waals surface area contributed by atoms with Crippen LogP contribution in [-0.4, -0.2) is 18.7 Å². The molecule has 3 aromatic rings. The summed E-state index contributed by atoms with van der Waals surface area (Å²) in [6, 6.07) is 32.3. The molecule has 0 bridgehead atoms. The van der Waals surface area contributed by atoms with Crippen LogP contribution in [0.25, 0.3) is 0 Å². The highest BCUT2D eigenvalue weighted by Gasteiger charge is 2.64. The van der Waals surface area contributed by atoms with Crippen molar-refractivity contribution in [1.82, 2.24) is 0 Å². The van der Waals surface area contributed by atoms with E-state index in [2.05, 4.69) is 124 Å². The van der Waals surface area contributed by atoms with Gasteiger partial charge in [-0.3, -0.25) is 0 Å². The van der Waals surface area contributed by atoms with Gasteiger partial charge in [-0.05, 0) is 56.7 Å². The van der Waals surface area contributed by atoms with Crippen LogP contribution in [-0.2, 0) is 9.47 Å². The fourth-order valence-corrected chi connectivity index (χ4v) is 9.00. The van der Waals surface area contributed by atoms with E-state index in [1.54, 1.807) is 0 Å². The predicted octanol–water partition coefficient (Wildman–Crippen LogP) is 3.07. The maximum atomic E-state index is 6.69. The van der Waals surface area contributed by atoms with E-state index < -0.39 is 12.8 Å². The molecular formula is C28H34IO2P. The lowest BCUT2D eigenvalue weighted by Crippen LogP contribution is -3.00. The molecule has 0 radical (unpaired) electrons. The van der Waals surface area contributed by atoms with E-state index >= 15 is 0 Å². The molecule has 0 spiro atoms. The molecule has 0 amide bonds. The Kier molecular flexibility index (Phi) is 11.1. The van der Waals surface area contributed by atoms with Crippen molar-refractivity contribution in [2.45, 2.75) is 39.1 Å². The molecule has 0 heterocycles. The molecule has 0 aliphatic rings. The summed E-state index contributed by atoms with van der Waals surface area (Å²) in [6.07, 6.45) is 6.50. The SMILES string of the molecule is CCC/C=C/C(OCC)(OCC)[P+](c1ccccc1)(c1ccccc1)c1ccccc1.[I-]. The Morgan fingerprint density at radius 2 is 1.03 bits per heavy atom. The lowest BCUT2D eigenvalue weighted by atomic mass is 10.3. The van der Waals surface area contributed by atoms with Gasteiger partial charge in [0.2, 0.25) is 0 Å². The van der Waals surface area contributed by atoms with E-state index in [1.807, 2.05) is 0 Å². The number of allylic oxidation sites excluding steroid dienone is 1. The zero-order chi connectivity index (χ0) is 22.0. The highest BCUT2D eigenvalue weighted by molar-refractivity contribution is 7.96. The highest BCUT2D eigenvalue weighted by atomic mass is 127. The standard InChI is InChI=1S/C28H34O2P.HI/c1-4-7-17-24-28(29-5-2,30-6-3)31(25-18-11-8-12-19-25,26-20-13-9-14-21-26)27-22-15-10-16-23-27;/h8-24H,4-7H2,1-3H3;1H/q+1;/p-1/b24-17+;. The first-order valence-electron chi connectivity index (χ1n) is 11.3. The van der Waals surface area contributed by atoms with Crippen LogP contribution in [0.1, 0.15) is 33.6 Å². The summed E-state index contributed by atoms with van der Waals surface area (Å²) in [7, 11) is -2.40. The van der Waals surface area contributed by atoms with E-state index in [0.717, 1.165) is 12.8 Å². The maximum Gasteiger partial charge on any atom is 0.318 e. The average Bonchev–Trinajstić information content (AvgIpc) is 2.82. The zero-order valence-corrected chi connectivity index (χ0v) is 22.3. The summed E-state index contributed by atoms with van der Waals surface area (Å²) < 4.78 is 13.4. The molecule has 0 aliphatic carbocycles. The fourth-order valence-electron chi connectivity index (χ4n) is 4.20. The van der Waals surface area contributed by atoms with Crippen molar-refractivity contribution in [2.24, 2.45) is 0 Å². The third kappa shape index (κ3) is 5.34. The Morgan fingerprint density at radius 3 is 1.34 bits per heavy atom. The number of rotatable bonds is 11. The topological polar surface area (TPSA) is 18.5 Å². The van der Waals surface area contributed by atoms with E-state index in [-0.39, 0.29) is 24.0 Å². The Labute approximate surface area is 211 Å². The fraction of sp³-hybridized carbons (Fsp3) is 0.286. The predicted molar refractivity (Wildman–Crippen MR) is 135 cm³/mol. The minimum absolute atomic E-state index is 0. The van der Waals surface area contributed by atoms with Crippen molar-refractivity contribution in [2.75, 3.05) is 13.2 Å². The summed E-state index contributed by atoms with van der Waals surface area (Å²) >= 11 is 0. The van der Waals surface area contributed by atoms with Gasteiger partial charge in [-0.2, -0.15) is 0 Å². The van der Waals surface area contributed by atoms with Gasteiger partial charge in [-0.1, -0.05) is 74.0 Å². The van der Waals surface area contributed by atoms with Crippen molar-refractivity contribution < 1.29 is 33.5 Å². The Bertz CT molecular complexity index is 827. The average molecular weight is 560 g/mol. The minimum atomic E-state index is -2.40. The van der Waals surface area contributed by atoms with E-state index in [9.17, 15) is 0 Å². The van der Waals surface area contributed by atoms with Crippen LogP contribution in [0.3, 0.4) is 0 Å². The van der Waals surface area contributed by atoms with Gasteiger partial charge < -0.3 is 33.5 Å². The van der Waals surface area contributed by atoms with Crippen LogP contribution in [0.15, 0.2) is 103 Å². The molecule has 32 heavy (non-hydrogen) atoms. The third-order valence-corrected chi connectivity index (χ3v) is 9.94. The molecule has 0 N–H and O–H groups in total. The molecule has 0 saturated carbocycles. The van der Waals surface area contributed by atoms with Gasteiger partial charge in [-0.15, -0.1) is 0 Å². The van der Waals surface area contributed by atoms with Crippen LogP contribution < -0.4 is 39.9 Å². The summed E-state index contributed by atoms with van der Waals surface area (Å²) in [4.78, 5) is 0. The quantitative estimate of drug-likeness (QED) is 0.156. The summed E-state index contributed by atoms with van der Waals surface area (Å²) in [5.41, 5.74) is -0.893. The molecule has 0 saturated heterocycles. The second kappa shape index (κ2) is 13.3. The smallest absolute Gasteiger partial charge is 0.318 e. The Balaban J connectivity index is 0.00000363. The van der Waals surface area contributed by atoms with Gasteiger partial charge in [-0.25, -0.2) is 0 Å². The van der Waals surface area contributed by atoms with Gasteiger partial charge in [0.1, 0.15) is 15.9 Å². The molecule has 0 aromatic heterocycles. The second-order valence-electron chi connectivity index (χ2n) is 7.37. The molecule has 0 atom stereocenters. The summed E-state index contributed by atoms with van der Waals surface area (Å²) in [6.45, 7) is 7.42. The highest BCUT2D eigenvalue weighted by Crippen LogP contribution is 2.67. The third-order valence-electron chi connectivity index (χ3n) is 5.38. The van der Waals surface area contributed by atoms with Crippen molar-refractivity contribution in [3.05, 3.63) is 103 Å². The Morgan fingerprint density at radius 1 is 0.656 bits per heavy atom. The van der Waals surface area contributed by atoms with Crippen molar-refractivity contribution >= 4 is 23.2 Å². The van der Waals surface area contributed by atoms with Gasteiger partial charge >= 0.3 is 5.53 Å². The number of halogens is 1. The summed E-state index contributed by atoms with van der Waals surface area (Å²) in [5, 5.41) is 3.74. The van der Waals surface area contributed by atoms with Crippen LogP contribution in [0.5, 0.6) is 0 Å². The van der Waals surface area contributed by atoms with E-state index in [1.165, 1.54) is 15.9 Å². The van der Waals surface area contributed by atoms with E-state index in [0.29, 0.717) is 13.2 Å². The largest absolute Gasteiger partial charge is 1.00 e. The van der Waals surface area contributed by atoms with Crippen molar-refractivity contribution in [3.8, 4) is 0 Å². The van der Waals surface area contributed by atoms with Crippen LogP contribution in [0, 0.1) is 0 Å². The summed E-state index contributed by atoms with van der Waals surface area (Å²) in [5.74, 6) is 0. The van der Waals surface area contributed by atoms with Gasteiger partial charge in [0, 0.05) is 6.08 Å². The molecule has 3 aromatic carbocycles.